The summed E-state index contributed by atoms with van der Waals surface area (Å²) in [4.78, 5) is 2.48. The zero-order valence-corrected chi connectivity index (χ0v) is 8.73. The molecular weight excluding hydrogens is 166 g/mol. The molecular formula is C10H17NS. The van der Waals surface area contributed by atoms with E-state index < -0.39 is 0 Å². The van der Waals surface area contributed by atoms with Crippen molar-refractivity contribution in [3.8, 4) is 12.3 Å². The van der Waals surface area contributed by atoms with E-state index in [-0.39, 0.29) is 0 Å². The zero-order chi connectivity index (χ0) is 8.97. The predicted octanol–water partition coefficient (Wildman–Crippen LogP) is 1.84. The third kappa shape index (κ3) is 3.08. The Bertz CT molecular complexity index is 163. The highest BCUT2D eigenvalue weighted by Gasteiger charge is 2.21. The molecule has 1 nitrogen and oxygen atoms in total. The Balaban J connectivity index is 2.30. The molecule has 0 radical (unpaired) electrons. The molecule has 0 N–H and O–H groups in total. The molecule has 1 aliphatic heterocycles. The van der Waals surface area contributed by atoms with Crippen molar-refractivity contribution in [2.24, 2.45) is 0 Å². The molecule has 0 amide bonds. The molecule has 0 aliphatic carbocycles. The molecule has 2 atom stereocenters. The van der Waals surface area contributed by atoms with Gasteiger partial charge in [-0.05, 0) is 0 Å². The first-order valence-electron chi connectivity index (χ1n) is 4.53. The van der Waals surface area contributed by atoms with Gasteiger partial charge in [-0.2, -0.15) is 11.8 Å². The minimum absolute atomic E-state index is 0.770. The summed E-state index contributed by atoms with van der Waals surface area (Å²) in [6.45, 7) is 8.07. The van der Waals surface area contributed by atoms with Crippen molar-refractivity contribution in [1.29, 1.82) is 0 Å². The first-order valence-corrected chi connectivity index (χ1v) is 5.48. The minimum Gasteiger partial charge on any atom is -0.300 e. The molecule has 0 bridgehead atoms. The van der Waals surface area contributed by atoms with Crippen molar-refractivity contribution in [3.63, 3.8) is 0 Å². The Morgan fingerprint density at radius 1 is 1.42 bits per heavy atom. The second kappa shape index (κ2) is 4.79. The summed E-state index contributed by atoms with van der Waals surface area (Å²) >= 11 is 2.09. The van der Waals surface area contributed by atoms with E-state index in [4.69, 9.17) is 6.42 Å². The van der Waals surface area contributed by atoms with Crippen LogP contribution < -0.4 is 0 Å². The summed E-state index contributed by atoms with van der Waals surface area (Å²) in [6.07, 6.45) is 6.13. The summed E-state index contributed by atoms with van der Waals surface area (Å²) in [5, 5.41) is 1.54. The van der Waals surface area contributed by atoms with Gasteiger partial charge in [-0.25, -0.2) is 0 Å². The highest BCUT2D eigenvalue weighted by molar-refractivity contribution is 8.00. The van der Waals surface area contributed by atoms with Crippen LogP contribution in [0.2, 0.25) is 0 Å². The van der Waals surface area contributed by atoms with Crippen LogP contribution in [0.15, 0.2) is 0 Å². The maximum Gasteiger partial charge on any atom is 0.0214 e. The number of nitrogens with zero attached hydrogens (tertiary/aromatic N) is 1. The number of terminal acetylenes is 1. The van der Waals surface area contributed by atoms with Gasteiger partial charge in [0.1, 0.15) is 0 Å². The van der Waals surface area contributed by atoms with E-state index in [1.54, 1.807) is 0 Å². The van der Waals surface area contributed by atoms with Crippen LogP contribution >= 0.6 is 11.8 Å². The first kappa shape index (κ1) is 9.95. The highest BCUT2D eigenvalue weighted by atomic mass is 32.2. The lowest BCUT2D eigenvalue weighted by Gasteiger charge is -2.34. The summed E-state index contributed by atoms with van der Waals surface area (Å²) in [7, 11) is 0. The van der Waals surface area contributed by atoms with Crippen molar-refractivity contribution in [3.05, 3.63) is 0 Å². The van der Waals surface area contributed by atoms with Gasteiger partial charge in [-0.1, -0.05) is 13.8 Å². The Morgan fingerprint density at radius 3 is 2.50 bits per heavy atom. The average molecular weight is 183 g/mol. The number of hydrogen-bond donors (Lipinski definition) is 0. The van der Waals surface area contributed by atoms with Crippen LogP contribution in [0.4, 0.5) is 0 Å². The first-order chi connectivity index (χ1) is 5.72. The molecule has 68 valence electrons. The third-order valence-electron chi connectivity index (χ3n) is 2.07. The van der Waals surface area contributed by atoms with Gasteiger partial charge >= 0.3 is 0 Å². The van der Waals surface area contributed by atoms with Crippen molar-refractivity contribution >= 4 is 11.8 Å². The fraction of sp³-hybridized carbons (Fsp3) is 0.800. The van der Waals surface area contributed by atoms with Gasteiger partial charge in [0.05, 0.1) is 0 Å². The molecule has 0 aromatic rings. The Morgan fingerprint density at radius 2 is 2.00 bits per heavy atom. The molecule has 2 unspecified atom stereocenters. The van der Waals surface area contributed by atoms with E-state index in [1.807, 2.05) is 0 Å². The summed E-state index contributed by atoms with van der Waals surface area (Å²) in [5.41, 5.74) is 0. The van der Waals surface area contributed by atoms with E-state index in [0.717, 1.165) is 23.5 Å². The van der Waals surface area contributed by atoms with Crippen LogP contribution in [0.25, 0.3) is 0 Å². The number of rotatable bonds is 2. The van der Waals surface area contributed by atoms with Crippen LogP contribution in [-0.4, -0.2) is 35.0 Å². The molecule has 1 saturated heterocycles. The Labute approximate surface area is 79.9 Å². The average Bonchev–Trinajstić information content (AvgIpc) is 1.99. The third-order valence-corrected chi connectivity index (χ3v) is 3.29. The second-order valence-corrected chi connectivity index (χ2v) is 5.35. The SMILES string of the molecule is C#CCCN1CC(C)SC(C)C1. The van der Waals surface area contributed by atoms with Gasteiger partial charge in [-0.3, -0.25) is 0 Å². The highest BCUT2D eigenvalue weighted by Crippen LogP contribution is 2.24. The van der Waals surface area contributed by atoms with E-state index in [9.17, 15) is 0 Å². The standard InChI is InChI=1S/C10H17NS/c1-4-5-6-11-7-9(2)12-10(3)8-11/h1,9-10H,5-8H2,2-3H3. The largest absolute Gasteiger partial charge is 0.300 e. The lowest BCUT2D eigenvalue weighted by atomic mass is 10.3. The van der Waals surface area contributed by atoms with Crippen molar-refractivity contribution in [2.75, 3.05) is 19.6 Å². The van der Waals surface area contributed by atoms with Crippen LogP contribution in [0, 0.1) is 12.3 Å². The quantitative estimate of drug-likeness (QED) is 0.601. The lowest BCUT2D eigenvalue weighted by Crippen LogP contribution is -2.40. The molecule has 12 heavy (non-hydrogen) atoms. The van der Waals surface area contributed by atoms with Crippen molar-refractivity contribution in [2.45, 2.75) is 30.8 Å². The van der Waals surface area contributed by atoms with E-state index in [1.165, 1.54) is 13.1 Å². The molecule has 1 aliphatic rings. The van der Waals surface area contributed by atoms with Gasteiger partial charge in [0.15, 0.2) is 0 Å². The number of thioether (sulfide) groups is 1. The monoisotopic (exact) mass is 183 g/mol. The molecule has 0 aromatic heterocycles. The molecule has 0 saturated carbocycles. The molecule has 1 fully saturated rings. The Hall–Kier alpha value is -0.130. The molecule has 2 heteroatoms. The van der Waals surface area contributed by atoms with E-state index in [0.29, 0.717) is 0 Å². The fourth-order valence-electron chi connectivity index (χ4n) is 1.69. The van der Waals surface area contributed by atoms with Crippen LogP contribution in [0.3, 0.4) is 0 Å². The summed E-state index contributed by atoms with van der Waals surface area (Å²) < 4.78 is 0. The summed E-state index contributed by atoms with van der Waals surface area (Å²) in [5.74, 6) is 2.70. The number of hydrogen-bond acceptors (Lipinski definition) is 2. The normalized spacial score (nSPS) is 31.4. The van der Waals surface area contributed by atoms with Gasteiger partial charge < -0.3 is 4.90 Å². The maximum atomic E-state index is 5.23. The van der Waals surface area contributed by atoms with Gasteiger partial charge in [0.25, 0.3) is 0 Å². The second-order valence-electron chi connectivity index (χ2n) is 3.47. The molecule has 1 rings (SSSR count). The minimum atomic E-state index is 0.770. The topological polar surface area (TPSA) is 3.24 Å². The van der Waals surface area contributed by atoms with Crippen molar-refractivity contribution < 1.29 is 0 Å². The van der Waals surface area contributed by atoms with Gasteiger partial charge in [0.2, 0.25) is 0 Å². The van der Waals surface area contributed by atoms with Gasteiger partial charge in [0, 0.05) is 36.6 Å². The summed E-state index contributed by atoms with van der Waals surface area (Å²) in [6, 6.07) is 0. The van der Waals surface area contributed by atoms with Crippen LogP contribution in [0.1, 0.15) is 20.3 Å². The molecule has 1 heterocycles. The van der Waals surface area contributed by atoms with Crippen LogP contribution in [0.5, 0.6) is 0 Å². The fourth-order valence-corrected chi connectivity index (χ4v) is 3.08. The van der Waals surface area contributed by atoms with E-state index in [2.05, 4.69) is 36.4 Å². The molecule has 0 aromatic carbocycles. The molecule has 0 spiro atoms. The van der Waals surface area contributed by atoms with Crippen molar-refractivity contribution in [1.82, 2.24) is 4.90 Å². The van der Waals surface area contributed by atoms with Crippen LogP contribution in [-0.2, 0) is 0 Å². The van der Waals surface area contributed by atoms with E-state index >= 15 is 0 Å². The predicted molar refractivity (Wildman–Crippen MR) is 56.4 cm³/mol. The lowest BCUT2D eigenvalue weighted by molar-refractivity contribution is 0.277. The smallest absolute Gasteiger partial charge is 0.0214 e. The Kier molecular flexibility index (Phi) is 3.97. The maximum absolute atomic E-state index is 5.23. The zero-order valence-electron chi connectivity index (χ0n) is 7.92. The van der Waals surface area contributed by atoms with Gasteiger partial charge in [-0.15, -0.1) is 12.3 Å².